The molecule has 0 fully saturated rings. The highest BCUT2D eigenvalue weighted by molar-refractivity contribution is 6.07. The summed E-state index contributed by atoms with van der Waals surface area (Å²) in [5, 5.41) is 18.5. The fourth-order valence-corrected chi connectivity index (χ4v) is 5.63. The lowest BCUT2D eigenvalue weighted by atomic mass is 9.61. The van der Waals surface area contributed by atoms with Gasteiger partial charge in [0.25, 0.3) is 0 Å². The second kappa shape index (κ2) is 10.3. The van der Waals surface area contributed by atoms with Crippen LogP contribution in [-0.2, 0) is 15.6 Å². The summed E-state index contributed by atoms with van der Waals surface area (Å²) in [6.45, 7) is 12.0. The number of benzene rings is 2. The summed E-state index contributed by atoms with van der Waals surface area (Å²) in [6, 6.07) is 9.96. The van der Waals surface area contributed by atoms with Gasteiger partial charge in [0.05, 0.1) is 5.56 Å². The number of nitrogens with zero attached hydrogens (tertiary/aromatic N) is 1. The molecule has 4 rings (SSSR count). The van der Waals surface area contributed by atoms with E-state index >= 15 is 0 Å². The molecule has 1 heterocycles. The lowest BCUT2D eigenvalue weighted by Crippen LogP contribution is -2.41. The molecule has 2 N–H and O–H groups in total. The number of carbonyl (C=O) groups excluding carboxylic acids is 1. The highest BCUT2D eigenvalue weighted by Crippen LogP contribution is 2.49. The van der Waals surface area contributed by atoms with Gasteiger partial charge >= 0.3 is 11.9 Å². The van der Waals surface area contributed by atoms with E-state index in [1.54, 1.807) is 31.2 Å². The number of fused-ring (bicyclic) bond motifs is 1. The molecule has 1 aliphatic carbocycles. The van der Waals surface area contributed by atoms with E-state index in [4.69, 9.17) is 5.11 Å². The van der Waals surface area contributed by atoms with Gasteiger partial charge in [-0.1, -0.05) is 52.0 Å². The highest BCUT2D eigenvalue weighted by Gasteiger charge is 2.40. The molecule has 0 radical (unpaired) electrons. The van der Waals surface area contributed by atoms with Gasteiger partial charge in [-0.05, 0) is 95.2 Å². The molecule has 0 saturated carbocycles. The van der Waals surface area contributed by atoms with Crippen molar-refractivity contribution < 1.29 is 24.6 Å². The van der Waals surface area contributed by atoms with E-state index in [1.807, 2.05) is 11.0 Å². The molecule has 6 nitrogen and oxygen atoms in total. The van der Waals surface area contributed by atoms with Crippen molar-refractivity contribution in [3.05, 3.63) is 81.9 Å². The average molecular weight is 516 g/mol. The fraction of sp³-hybridized carbons (Fsp3) is 0.406. The van der Waals surface area contributed by atoms with Crippen molar-refractivity contribution in [2.75, 3.05) is 13.1 Å². The minimum atomic E-state index is -0.985. The molecule has 0 bridgehead atoms. The number of carboxylic acid groups (broad SMARTS) is 2. The number of carbonyl (C=O) groups is 3. The van der Waals surface area contributed by atoms with Gasteiger partial charge in [0.1, 0.15) is 6.04 Å². The summed E-state index contributed by atoms with van der Waals surface area (Å²) in [5.74, 6) is -1.91. The Labute approximate surface area is 224 Å². The quantitative estimate of drug-likeness (QED) is 0.337. The Morgan fingerprint density at radius 1 is 0.947 bits per heavy atom. The number of hydrogen-bond acceptors (Lipinski definition) is 4. The Kier molecular flexibility index (Phi) is 7.48. The van der Waals surface area contributed by atoms with Crippen molar-refractivity contribution in [1.82, 2.24) is 4.90 Å². The first kappa shape index (κ1) is 27.5. The predicted molar refractivity (Wildman–Crippen MR) is 150 cm³/mol. The maximum atomic E-state index is 13.4. The molecule has 1 atom stereocenters. The minimum Gasteiger partial charge on any atom is -0.480 e. The van der Waals surface area contributed by atoms with Gasteiger partial charge in [-0.3, -0.25) is 14.5 Å². The van der Waals surface area contributed by atoms with E-state index in [2.05, 4.69) is 39.8 Å². The molecule has 2 aliphatic rings. The number of aromatic carboxylic acids is 1. The first-order valence-electron chi connectivity index (χ1n) is 13.2. The predicted octanol–water partition coefficient (Wildman–Crippen LogP) is 6.19. The van der Waals surface area contributed by atoms with Gasteiger partial charge in [0.15, 0.2) is 5.78 Å². The summed E-state index contributed by atoms with van der Waals surface area (Å²) < 4.78 is 0. The average Bonchev–Trinajstić information content (AvgIpc) is 2.89. The molecule has 2 aromatic rings. The van der Waals surface area contributed by atoms with Crippen molar-refractivity contribution in [2.24, 2.45) is 0 Å². The Morgan fingerprint density at radius 2 is 1.61 bits per heavy atom. The summed E-state index contributed by atoms with van der Waals surface area (Å²) in [4.78, 5) is 38.0. The van der Waals surface area contributed by atoms with Crippen LogP contribution < -0.4 is 0 Å². The largest absolute Gasteiger partial charge is 0.480 e. The molecule has 1 unspecified atom stereocenters. The first-order valence-corrected chi connectivity index (χ1v) is 13.2. The van der Waals surface area contributed by atoms with Crippen LogP contribution in [0, 0.1) is 0 Å². The molecule has 0 amide bonds. The monoisotopic (exact) mass is 515 g/mol. The second-order valence-corrected chi connectivity index (χ2v) is 11.8. The number of ketones is 1. The molecule has 0 spiro atoms. The van der Waals surface area contributed by atoms with Crippen LogP contribution in [0.3, 0.4) is 0 Å². The zero-order valence-electron chi connectivity index (χ0n) is 22.9. The van der Waals surface area contributed by atoms with Crippen LogP contribution in [0.15, 0.2) is 48.6 Å². The normalized spacial score (nSPS) is 19.4. The summed E-state index contributed by atoms with van der Waals surface area (Å²) >= 11 is 0. The van der Waals surface area contributed by atoms with Crippen LogP contribution >= 0.6 is 0 Å². The Balaban J connectivity index is 1.74. The van der Waals surface area contributed by atoms with Gasteiger partial charge in [-0.15, -0.1) is 0 Å². The second-order valence-electron chi connectivity index (χ2n) is 11.8. The van der Waals surface area contributed by atoms with Gasteiger partial charge in [-0.25, -0.2) is 4.79 Å². The fourth-order valence-electron chi connectivity index (χ4n) is 5.63. The van der Waals surface area contributed by atoms with E-state index in [1.165, 1.54) is 28.8 Å². The molecule has 200 valence electrons. The van der Waals surface area contributed by atoms with E-state index in [9.17, 15) is 19.5 Å². The number of allylic oxidation sites excluding steroid dienone is 1. The number of hydrogen-bond donors (Lipinski definition) is 2. The summed E-state index contributed by atoms with van der Waals surface area (Å²) in [5.41, 5.74) is 6.24. The standard InChI is InChI=1S/C32H37NO5/c1-20(29(35)36)33-16-12-22(13-17-33)25-18-24(19-26-28(25)32(4,5)15-14-31(26,2)3)27(34)11-8-21-6-9-23(10-7-21)30(37)38/h6-12,18-20H,13-17H2,1-5H3,(H,35,36)(H,37,38)/b11-8+. The van der Waals surface area contributed by atoms with Crippen molar-refractivity contribution >= 4 is 29.4 Å². The lowest BCUT2D eigenvalue weighted by molar-refractivity contribution is -0.142. The number of aliphatic carboxylic acids is 1. The number of rotatable bonds is 7. The van der Waals surface area contributed by atoms with Gasteiger partial charge in [0, 0.05) is 18.7 Å². The Hall–Kier alpha value is -3.51. The van der Waals surface area contributed by atoms with E-state index in [-0.39, 0.29) is 22.2 Å². The molecule has 6 heteroatoms. The molecule has 1 aliphatic heterocycles. The van der Waals surface area contributed by atoms with Crippen LogP contribution in [0.1, 0.15) is 96.9 Å². The molecule has 38 heavy (non-hydrogen) atoms. The maximum absolute atomic E-state index is 13.4. The third-order valence-electron chi connectivity index (χ3n) is 8.28. The van der Waals surface area contributed by atoms with E-state index in [0.29, 0.717) is 18.7 Å². The third kappa shape index (κ3) is 5.51. The van der Waals surface area contributed by atoms with E-state index in [0.717, 1.165) is 30.4 Å². The van der Waals surface area contributed by atoms with Crippen LogP contribution in [0.2, 0.25) is 0 Å². The topological polar surface area (TPSA) is 94.9 Å². The first-order chi connectivity index (χ1) is 17.8. The third-order valence-corrected chi connectivity index (χ3v) is 8.28. The zero-order valence-corrected chi connectivity index (χ0v) is 22.9. The van der Waals surface area contributed by atoms with Crippen LogP contribution in [0.5, 0.6) is 0 Å². The molecule has 0 aromatic heterocycles. The van der Waals surface area contributed by atoms with Crippen molar-refractivity contribution in [1.29, 1.82) is 0 Å². The molecular formula is C32H37NO5. The SMILES string of the molecule is CC(C(=O)O)N1CC=C(c2cc(C(=O)/C=C/c3ccc(C(=O)O)cc3)cc3c2C(C)(C)CCC3(C)C)CC1. The smallest absolute Gasteiger partial charge is 0.335 e. The number of carboxylic acids is 2. The van der Waals surface area contributed by atoms with Crippen LogP contribution in [0.25, 0.3) is 11.6 Å². The van der Waals surface area contributed by atoms with Gasteiger partial charge in [0.2, 0.25) is 0 Å². The van der Waals surface area contributed by atoms with E-state index < -0.39 is 18.0 Å². The lowest BCUT2D eigenvalue weighted by Gasteiger charge is -2.44. The molecular weight excluding hydrogens is 478 g/mol. The molecule has 2 aromatic carbocycles. The van der Waals surface area contributed by atoms with Crippen molar-refractivity contribution in [2.45, 2.75) is 70.8 Å². The van der Waals surface area contributed by atoms with Gasteiger partial charge < -0.3 is 10.2 Å². The maximum Gasteiger partial charge on any atom is 0.335 e. The Morgan fingerprint density at radius 3 is 2.18 bits per heavy atom. The molecule has 0 saturated heterocycles. The van der Waals surface area contributed by atoms with Gasteiger partial charge in [-0.2, -0.15) is 0 Å². The van der Waals surface area contributed by atoms with Crippen LogP contribution in [0.4, 0.5) is 0 Å². The van der Waals surface area contributed by atoms with Crippen molar-refractivity contribution in [3.63, 3.8) is 0 Å². The highest BCUT2D eigenvalue weighted by atomic mass is 16.4. The minimum absolute atomic E-state index is 0.0458. The summed E-state index contributed by atoms with van der Waals surface area (Å²) in [7, 11) is 0. The zero-order chi connectivity index (χ0) is 27.8. The van der Waals surface area contributed by atoms with Crippen molar-refractivity contribution in [3.8, 4) is 0 Å². The Bertz CT molecular complexity index is 1330. The summed E-state index contributed by atoms with van der Waals surface area (Å²) in [6.07, 6.45) is 8.20. The van der Waals surface area contributed by atoms with Crippen LogP contribution in [-0.4, -0.2) is 52.0 Å².